The minimum absolute atomic E-state index is 0.224. The van der Waals surface area contributed by atoms with Gasteiger partial charge >= 0.3 is 0 Å². The minimum atomic E-state index is 0.224. The first-order chi connectivity index (χ1) is 3.56. The van der Waals surface area contributed by atoms with Crippen LogP contribution in [0, 0.1) is 5.41 Å². The zero-order chi connectivity index (χ0) is 6.62. The first kappa shape index (κ1) is 7.83. The molecule has 0 amide bonds. The van der Waals surface area contributed by atoms with E-state index in [-0.39, 0.29) is 5.41 Å². The summed E-state index contributed by atoms with van der Waals surface area (Å²) in [5, 5.41) is 0. The van der Waals surface area contributed by atoms with Crippen molar-refractivity contribution in [3.05, 3.63) is 12.3 Å². The molecule has 0 aromatic carbocycles. The van der Waals surface area contributed by atoms with Crippen molar-refractivity contribution in [2.24, 2.45) is 5.41 Å². The molecule has 0 aliphatic rings. The second-order valence-corrected chi connectivity index (χ2v) is 3.03. The fourth-order valence-electron chi connectivity index (χ4n) is 0.281. The first-order valence-electron chi connectivity index (χ1n) is 2.60. The Morgan fingerprint density at radius 1 is 1.38 bits per heavy atom. The molecule has 0 rings (SSSR count). The predicted octanol–water partition coefficient (Wildman–Crippen LogP) is 2.29. The Labute approximate surface area is 55.8 Å². The third kappa shape index (κ3) is 5.83. The molecule has 0 atom stereocenters. The van der Waals surface area contributed by atoms with Crippen molar-refractivity contribution < 1.29 is 0 Å². The normalized spacial score (nSPS) is 12.5. The molecule has 0 saturated heterocycles. The van der Waals surface area contributed by atoms with Crippen molar-refractivity contribution in [2.75, 3.05) is 0 Å². The van der Waals surface area contributed by atoms with Crippen molar-refractivity contribution >= 4 is 11.8 Å². The van der Waals surface area contributed by atoms with E-state index in [1.807, 2.05) is 6.08 Å². The Balaban J connectivity index is 3.52. The van der Waals surface area contributed by atoms with E-state index >= 15 is 0 Å². The summed E-state index contributed by atoms with van der Waals surface area (Å²) >= 11 is 5.17. The topological polar surface area (TPSA) is 12.0 Å². The van der Waals surface area contributed by atoms with E-state index in [2.05, 4.69) is 25.6 Å². The molecular formula is C6H12ClN. The van der Waals surface area contributed by atoms with E-state index in [0.29, 0.717) is 0 Å². The van der Waals surface area contributed by atoms with Crippen LogP contribution in [0.25, 0.3) is 0 Å². The SMILES string of the molecule is CC(C)(C)C=CNCl. The summed E-state index contributed by atoms with van der Waals surface area (Å²) in [5.41, 5.74) is 0.224. The Bertz CT molecular complexity index is 81.0. The molecule has 2 heteroatoms. The summed E-state index contributed by atoms with van der Waals surface area (Å²) in [6.45, 7) is 6.33. The maximum Gasteiger partial charge on any atom is 0.00941 e. The van der Waals surface area contributed by atoms with Crippen LogP contribution in [0.15, 0.2) is 12.3 Å². The lowest BCUT2D eigenvalue weighted by Crippen LogP contribution is -2.00. The van der Waals surface area contributed by atoms with Crippen molar-refractivity contribution in [2.45, 2.75) is 20.8 Å². The van der Waals surface area contributed by atoms with Gasteiger partial charge < -0.3 is 4.84 Å². The lowest BCUT2D eigenvalue weighted by atomic mass is 9.97. The third-order valence-electron chi connectivity index (χ3n) is 0.646. The van der Waals surface area contributed by atoms with Crippen LogP contribution >= 0.6 is 11.8 Å². The van der Waals surface area contributed by atoms with E-state index in [0.717, 1.165) is 0 Å². The Hall–Kier alpha value is -0.170. The summed E-state index contributed by atoms with van der Waals surface area (Å²) in [6, 6.07) is 0. The van der Waals surface area contributed by atoms with Crippen molar-refractivity contribution in [1.29, 1.82) is 0 Å². The Kier molecular flexibility index (Phi) is 2.91. The first-order valence-corrected chi connectivity index (χ1v) is 2.98. The van der Waals surface area contributed by atoms with Gasteiger partial charge in [0, 0.05) is 18.0 Å². The van der Waals surface area contributed by atoms with Gasteiger partial charge in [0.25, 0.3) is 0 Å². The number of rotatable bonds is 1. The van der Waals surface area contributed by atoms with E-state index < -0.39 is 0 Å². The molecule has 1 nitrogen and oxygen atoms in total. The second kappa shape index (κ2) is 2.98. The number of allylic oxidation sites excluding steroid dienone is 1. The largest absolute Gasteiger partial charge is 0.306 e. The molecule has 48 valence electrons. The van der Waals surface area contributed by atoms with Crippen molar-refractivity contribution in [3.63, 3.8) is 0 Å². The third-order valence-corrected chi connectivity index (χ3v) is 0.772. The molecule has 0 unspecified atom stereocenters. The zero-order valence-corrected chi connectivity index (χ0v) is 6.29. The van der Waals surface area contributed by atoms with Gasteiger partial charge in [-0.1, -0.05) is 26.8 Å². The highest BCUT2D eigenvalue weighted by Gasteiger charge is 2.01. The van der Waals surface area contributed by atoms with Crippen LogP contribution in [0.5, 0.6) is 0 Å². The smallest absolute Gasteiger partial charge is 0.00941 e. The van der Waals surface area contributed by atoms with E-state index in [4.69, 9.17) is 11.8 Å². The molecule has 0 aromatic heterocycles. The molecule has 0 radical (unpaired) electrons. The number of hydrogen-bond donors (Lipinski definition) is 1. The molecular weight excluding hydrogens is 122 g/mol. The summed E-state index contributed by atoms with van der Waals surface area (Å²) in [7, 11) is 0. The standard InChI is InChI=1S/C6H12ClN/c1-6(2,3)4-5-8-7/h4-5,8H,1-3H3. The van der Waals surface area contributed by atoms with Gasteiger partial charge in [-0.05, 0) is 5.41 Å². The van der Waals surface area contributed by atoms with Crippen LogP contribution in [0.2, 0.25) is 0 Å². The zero-order valence-electron chi connectivity index (χ0n) is 5.53. The van der Waals surface area contributed by atoms with Gasteiger partial charge in [0.15, 0.2) is 0 Å². The number of halogens is 1. The molecule has 0 aromatic rings. The molecule has 0 bridgehead atoms. The molecule has 0 aliphatic carbocycles. The van der Waals surface area contributed by atoms with Gasteiger partial charge in [0.1, 0.15) is 0 Å². The van der Waals surface area contributed by atoms with Crippen molar-refractivity contribution in [1.82, 2.24) is 4.84 Å². The molecule has 8 heavy (non-hydrogen) atoms. The highest BCUT2D eigenvalue weighted by molar-refractivity contribution is 6.14. The van der Waals surface area contributed by atoms with Gasteiger partial charge in [-0.25, -0.2) is 0 Å². The quantitative estimate of drug-likeness (QED) is 0.542. The number of hydrogen-bond acceptors (Lipinski definition) is 1. The molecule has 1 N–H and O–H groups in total. The molecule has 0 heterocycles. The second-order valence-electron chi connectivity index (χ2n) is 2.81. The molecule has 0 fully saturated rings. The Morgan fingerprint density at radius 3 is 2.00 bits per heavy atom. The minimum Gasteiger partial charge on any atom is -0.306 e. The summed E-state index contributed by atoms with van der Waals surface area (Å²) in [5.74, 6) is 0. The average Bonchev–Trinajstić information content (AvgIpc) is 1.59. The van der Waals surface area contributed by atoms with Gasteiger partial charge in [0.05, 0.1) is 0 Å². The lowest BCUT2D eigenvalue weighted by molar-refractivity contribution is 0.542. The molecule has 0 aliphatic heterocycles. The van der Waals surface area contributed by atoms with Gasteiger partial charge in [0.2, 0.25) is 0 Å². The van der Waals surface area contributed by atoms with Crippen LogP contribution in [0.1, 0.15) is 20.8 Å². The highest BCUT2D eigenvalue weighted by atomic mass is 35.5. The van der Waals surface area contributed by atoms with Gasteiger partial charge in [-0.15, -0.1) is 0 Å². The predicted molar refractivity (Wildman–Crippen MR) is 37.6 cm³/mol. The van der Waals surface area contributed by atoms with E-state index in [9.17, 15) is 0 Å². The molecule has 0 spiro atoms. The van der Waals surface area contributed by atoms with Gasteiger partial charge in [-0.2, -0.15) is 0 Å². The number of nitrogens with one attached hydrogen (secondary N) is 1. The average molecular weight is 134 g/mol. The van der Waals surface area contributed by atoms with Crippen molar-refractivity contribution in [3.8, 4) is 0 Å². The van der Waals surface area contributed by atoms with E-state index in [1.165, 1.54) is 0 Å². The summed E-state index contributed by atoms with van der Waals surface area (Å²) in [4.78, 5) is 2.42. The van der Waals surface area contributed by atoms with Crippen LogP contribution in [-0.4, -0.2) is 0 Å². The van der Waals surface area contributed by atoms with Crippen LogP contribution in [0.3, 0.4) is 0 Å². The fraction of sp³-hybridized carbons (Fsp3) is 0.667. The fourth-order valence-corrected chi connectivity index (χ4v) is 0.344. The maximum atomic E-state index is 5.17. The van der Waals surface area contributed by atoms with Gasteiger partial charge in [-0.3, -0.25) is 0 Å². The Morgan fingerprint density at radius 2 is 1.88 bits per heavy atom. The highest BCUT2D eigenvalue weighted by Crippen LogP contribution is 2.13. The molecule has 0 saturated carbocycles. The lowest BCUT2D eigenvalue weighted by Gasteiger charge is -2.09. The maximum absolute atomic E-state index is 5.17. The summed E-state index contributed by atoms with van der Waals surface area (Å²) < 4.78 is 0. The summed E-state index contributed by atoms with van der Waals surface area (Å²) in [6.07, 6.45) is 3.72. The monoisotopic (exact) mass is 133 g/mol. The van der Waals surface area contributed by atoms with Crippen LogP contribution in [-0.2, 0) is 0 Å². The van der Waals surface area contributed by atoms with E-state index in [1.54, 1.807) is 6.20 Å². The van der Waals surface area contributed by atoms with Crippen LogP contribution < -0.4 is 4.84 Å². The van der Waals surface area contributed by atoms with Crippen LogP contribution in [0.4, 0.5) is 0 Å².